The van der Waals surface area contributed by atoms with Gasteiger partial charge in [-0.3, -0.25) is 0 Å². The molecule has 0 saturated heterocycles. The first kappa shape index (κ1) is 8.40. The lowest BCUT2D eigenvalue weighted by Gasteiger charge is -1.86. The zero-order valence-electron chi connectivity index (χ0n) is 5.62. The van der Waals surface area contributed by atoms with Crippen molar-refractivity contribution in [3.8, 4) is 10.8 Å². The highest BCUT2D eigenvalue weighted by molar-refractivity contribution is 9.11. The molecule has 2 rings (SSSR count). The summed E-state index contributed by atoms with van der Waals surface area (Å²) in [6.07, 6.45) is 1.61. The molecule has 6 heteroatoms. The second kappa shape index (κ2) is 3.27. The molecule has 62 valence electrons. The molecule has 0 fully saturated rings. The van der Waals surface area contributed by atoms with E-state index < -0.39 is 0 Å². The molecule has 0 amide bonds. The summed E-state index contributed by atoms with van der Waals surface area (Å²) in [5, 5.41) is 8.50. The van der Waals surface area contributed by atoms with Gasteiger partial charge in [0.05, 0.1) is 10.7 Å². The molecule has 2 aromatic rings. The maximum atomic E-state index is 5.20. The minimum Gasteiger partial charge on any atom is -0.461 e. The Morgan fingerprint density at radius 1 is 1.33 bits per heavy atom. The zero-order chi connectivity index (χ0) is 8.55. The highest BCUT2D eigenvalue weighted by Gasteiger charge is 2.11. The van der Waals surface area contributed by atoms with E-state index in [-0.39, 0.29) is 0 Å². The van der Waals surface area contributed by atoms with E-state index >= 15 is 0 Å². The van der Waals surface area contributed by atoms with Gasteiger partial charge in [-0.15, -0.1) is 10.2 Å². The van der Waals surface area contributed by atoms with Crippen molar-refractivity contribution in [3.63, 3.8) is 0 Å². The summed E-state index contributed by atoms with van der Waals surface area (Å²) in [7, 11) is 0. The number of furan rings is 1. The van der Waals surface area contributed by atoms with E-state index in [1.807, 2.05) is 6.07 Å². The molecule has 3 nitrogen and oxygen atoms in total. The van der Waals surface area contributed by atoms with Gasteiger partial charge in [0.1, 0.15) is 0 Å². The van der Waals surface area contributed by atoms with Gasteiger partial charge in [-0.1, -0.05) is 11.3 Å². The highest BCUT2D eigenvalue weighted by atomic mass is 79.9. The first-order valence-corrected chi connectivity index (χ1v) is 5.40. The quantitative estimate of drug-likeness (QED) is 0.811. The second-order valence-electron chi connectivity index (χ2n) is 1.96. The summed E-state index contributed by atoms with van der Waals surface area (Å²) in [6, 6.07) is 1.82. The summed E-state index contributed by atoms with van der Waals surface area (Å²) in [5.41, 5.74) is 0. The number of rotatable bonds is 1. The lowest BCUT2D eigenvalue weighted by molar-refractivity contribution is 0.580. The summed E-state index contributed by atoms with van der Waals surface area (Å²) in [5.74, 6) is 0.721. The smallest absolute Gasteiger partial charge is 0.185 e. The first-order chi connectivity index (χ1) is 5.77. The third-order valence-corrected chi connectivity index (χ3v) is 3.19. The Morgan fingerprint density at radius 3 is 2.67 bits per heavy atom. The fraction of sp³-hybridized carbons (Fsp3) is 0. The van der Waals surface area contributed by atoms with Crippen LogP contribution in [-0.4, -0.2) is 10.2 Å². The fourth-order valence-corrected chi connectivity index (χ4v) is 2.38. The fourth-order valence-electron chi connectivity index (χ4n) is 0.743. The summed E-state index contributed by atoms with van der Waals surface area (Å²) >= 11 is 8.00. The van der Waals surface area contributed by atoms with Gasteiger partial charge in [0, 0.05) is 0 Å². The van der Waals surface area contributed by atoms with Crippen molar-refractivity contribution in [1.29, 1.82) is 0 Å². The van der Waals surface area contributed by atoms with Crippen LogP contribution in [0.15, 0.2) is 25.1 Å². The second-order valence-corrected chi connectivity index (χ2v) is 5.07. The van der Waals surface area contributed by atoms with Crippen molar-refractivity contribution in [2.24, 2.45) is 0 Å². The SMILES string of the molecule is Brc1nnc(-c2occc2Br)s1. The topological polar surface area (TPSA) is 38.9 Å². The molecule has 0 N–H and O–H groups in total. The molecule has 0 radical (unpaired) electrons. The Labute approximate surface area is 89.1 Å². The molecule has 2 aromatic heterocycles. The van der Waals surface area contributed by atoms with Crippen LogP contribution in [0.5, 0.6) is 0 Å². The van der Waals surface area contributed by atoms with Crippen molar-refractivity contribution < 1.29 is 4.42 Å². The summed E-state index contributed by atoms with van der Waals surface area (Å²) in [4.78, 5) is 0. The van der Waals surface area contributed by atoms with E-state index in [9.17, 15) is 0 Å². The predicted molar refractivity (Wildman–Crippen MR) is 53.0 cm³/mol. The Hall–Kier alpha value is -0.200. The standard InChI is InChI=1S/C6H2Br2N2OS/c7-3-1-2-11-4(3)5-9-10-6(8)12-5/h1-2H. The molecular weight excluding hydrogens is 308 g/mol. The number of aromatic nitrogens is 2. The lowest BCUT2D eigenvalue weighted by atomic mass is 10.5. The van der Waals surface area contributed by atoms with Crippen LogP contribution in [0.3, 0.4) is 0 Å². The molecule has 0 spiro atoms. The highest BCUT2D eigenvalue weighted by Crippen LogP contribution is 2.32. The lowest BCUT2D eigenvalue weighted by Crippen LogP contribution is -1.72. The van der Waals surface area contributed by atoms with Crippen LogP contribution in [0.4, 0.5) is 0 Å². The average Bonchev–Trinajstić information content (AvgIpc) is 2.58. The Bertz CT molecular complexity index is 398. The molecule has 0 aromatic carbocycles. The van der Waals surface area contributed by atoms with Gasteiger partial charge >= 0.3 is 0 Å². The van der Waals surface area contributed by atoms with Crippen LogP contribution in [0, 0.1) is 0 Å². The van der Waals surface area contributed by atoms with Crippen LogP contribution in [-0.2, 0) is 0 Å². The van der Waals surface area contributed by atoms with Gasteiger partial charge < -0.3 is 4.42 Å². The van der Waals surface area contributed by atoms with E-state index in [2.05, 4.69) is 42.1 Å². The van der Waals surface area contributed by atoms with E-state index in [0.29, 0.717) is 0 Å². The van der Waals surface area contributed by atoms with Crippen LogP contribution in [0.25, 0.3) is 10.8 Å². The summed E-state index contributed by atoms with van der Waals surface area (Å²) in [6.45, 7) is 0. The molecule has 0 bridgehead atoms. The van der Waals surface area contributed by atoms with Crippen molar-refractivity contribution in [2.45, 2.75) is 0 Å². The van der Waals surface area contributed by atoms with Crippen LogP contribution in [0.1, 0.15) is 0 Å². The normalized spacial score (nSPS) is 10.5. The van der Waals surface area contributed by atoms with Crippen molar-refractivity contribution >= 4 is 43.2 Å². The van der Waals surface area contributed by atoms with Crippen molar-refractivity contribution in [2.75, 3.05) is 0 Å². The van der Waals surface area contributed by atoms with Crippen molar-refractivity contribution in [1.82, 2.24) is 10.2 Å². The molecule has 0 aliphatic carbocycles. The molecule has 0 atom stereocenters. The van der Waals surface area contributed by atoms with Crippen LogP contribution >= 0.6 is 43.2 Å². The van der Waals surface area contributed by atoms with E-state index in [0.717, 1.165) is 19.2 Å². The predicted octanol–water partition coefficient (Wildman–Crippen LogP) is 3.32. The van der Waals surface area contributed by atoms with Gasteiger partial charge in [0.15, 0.2) is 14.7 Å². The Balaban J connectivity index is 2.50. The maximum Gasteiger partial charge on any atom is 0.185 e. The van der Waals surface area contributed by atoms with E-state index in [1.165, 1.54) is 11.3 Å². The molecule has 0 saturated carbocycles. The minimum atomic E-state index is 0.721. The number of hydrogen-bond acceptors (Lipinski definition) is 4. The Morgan fingerprint density at radius 2 is 2.17 bits per heavy atom. The average molecular weight is 310 g/mol. The first-order valence-electron chi connectivity index (χ1n) is 3.00. The third-order valence-electron chi connectivity index (χ3n) is 1.21. The van der Waals surface area contributed by atoms with Gasteiger partial charge in [0.25, 0.3) is 0 Å². The van der Waals surface area contributed by atoms with Gasteiger partial charge in [-0.05, 0) is 37.9 Å². The zero-order valence-corrected chi connectivity index (χ0v) is 9.61. The number of nitrogens with zero attached hydrogens (tertiary/aromatic N) is 2. The molecule has 12 heavy (non-hydrogen) atoms. The number of hydrogen-bond donors (Lipinski definition) is 0. The molecule has 2 heterocycles. The molecule has 0 aliphatic rings. The van der Waals surface area contributed by atoms with Crippen LogP contribution < -0.4 is 0 Å². The Kier molecular flexibility index (Phi) is 2.29. The van der Waals surface area contributed by atoms with Crippen molar-refractivity contribution in [3.05, 3.63) is 20.7 Å². The molecule has 0 unspecified atom stereocenters. The van der Waals surface area contributed by atoms with Gasteiger partial charge in [-0.2, -0.15) is 0 Å². The van der Waals surface area contributed by atoms with Gasteiger partial charge in [-0.25, -0.2) is 0 Å². The minimum absolute atomic E-state index is 0.721. The number of halogens is 2. The maximum absolute atomic E-state index is 5.20. The monoisotopic (exact) mass is 308 g/mol. The van der Waals surface area contributed by atoms with E-state index in [1.54, 1.807) is 6.26 Å². The third kappa shape index (κ3) is 1.46. The van der Waals surface area contributed by atoms with E-state index in [4.69, 9.17) is 4.42 Å². The molecule has 0 aliphatic heterocycles. The van der Waals surface area contributed by atoms with Crippen LogP contribution in [0.2, 0.25) is 0 Å². The molecular formula is C6H2Br2N2OS. The van der Waals surface area contributed by atoms with Gasteiger partial charge in [0.2, 0.25) is 0 Å². The largest absolute Gasteiger partial charge is 0.461 e. The summed E-state index contributed by atoms with van der Waals surface area (Å²) < 4.78 is 6.85.